The molecule has 2 heterocycles. The molecule has 0 aliphatic carbocycles. The maximum absolute atomic E-state index is 13.9. The van der Waals surface area contributed by atoms with Crippen LogP contribution in [0.15, 0.2) is 52.6 Å². The van der Waals surface area contributed by atoms with Gasteiger partial charge in [0, 0.05) is 17.8 Å². The molecule has 2 aromatic carbocycles. The van der Waals surface area contributed by atoms with Crippen LogP contribution in [0.2, 0.25) is 0 Å². The summed E-state index contributed by atoms with van der Waals surface area (Å²) in [5, 5.41) is 9.55. The number of fused-ring (bicyclic) bond motifs is 1. The van der Waals surface area contributed by atoms with Gasteiger partial charge in [0.2, 0.25) is 5.91 Å². The van der Waals surface area contributed by atoms with Crippen LogP contribution in [0.5, 0.6) is 0 Å². The summed E-state index contributed by atoms with van der Waals surface area (Å²) in [5.74, 6) is -1.86. The van der Waals surface area contributed by atoms with Gasteiger partial charge in [-0.2, -0.15) is 5.10 Å². The Morgan fingerprint density at radius 1 is 1.10 bits per heavy atom. The Labute approximate surface area is 167 Å². The van der Waals surface area contributed by atoms with E-state index in [1.807, 2.05) is 0 Å². The Balaban J connectivity index is 1.58. The van der Waals surface area contributed by atoms with Crippen molar-refractivity contribution < 1.29 is 13.6 Å². The summed E-state index contributed by atoms with van der Waals surface area (Å²) < 4.78 is 29.0. The third kappa shape index (κ3) is 3.64. The van der Waals surface area contributed by atoms with Crippen molar-refractivity contribution in [2.75, 3.05) is 5.32 Å². The largest absolute Gasteiger partial charge is 0.302 e. The van der Waals surface area contributed by atoms with Crippen molar-refractivity contribution in [1.82, 2.24) is 14.8 Å². The predicted octanol–water partition coefficient (Wildman–Crippen LogP) is 3.52. The van der Waals surface area contributed by atoms with E-state index >= 15 is 0 Å². The fraction of sp³-hybridized carbons (Fsp3) is 0.100. The number of amides is 1. The van der Waals surface area contributed by atoms with Gasteiger partial charge in [0.25, 0.3) is 5.56 Å². The summed E-state index contributed by atoms with van der Waals surface area (Å²) in [6.07, 6.45) is -0.0857. The van der Waals surface area contributed by atoms with Gasteiger partial charge in [-0.25, -0.2) is 18.4 Å². The number of aromatic nitrogens is 3. The van der Waals surface area contributed by atoms with Gasteiger partial charge in [-0.05, 0) is 18.2 Å². The van der Waals surface area contributed by atoms with E-state index in [0.717, 1.165) is 23.5 Å². The van der Waals surface area contributed by atoms with Gasteiger partial charge in [0.15, 0.2) is 5.13 Å². The second-order valence-corrected chi connectivity index (χ2v) is 7.14. The lowest BCUT2D eigenvalue weighted by Crippen LogP contribution is -2.24. The van der Waals surface area contributed by atoms with Crippen LogP contribution < -0.4 is 10.9 Å². The lowest BCUT2D eigenvalue weighted by molar-refractivity contribution is -0.115. The van der Waals surface area contributed by atoms with Crippen LogP contribution in [0.4, 0.5) is 13.9 Å². The number of carbonyl (C=O) groups is 1. The second kappa shape index (κ2) is 7.51. The number of rotatable bonds is 4. The Hall–Kier alpha value is -3.46. The van der Waals surface area contributed by atoms with Crippen LogP contribution in [0.1, 0.15) is 5.69 Å². The van der Waals surface area contributed by atoms with E-state index in [9.17, 15) is 18.4 Å². The first kappa shape index (κ1) is 18.9. The van der Waals surface area contributed by atoms with E-state index in [1.165, 1.54) is 23.2 Å². The molecule has 9 heteroatoms. The van der Waals surface area contributed by atoms with Crippen LogP contribution >= 0.6 is 11.3 Å². The van der Waals surface area contributed by atoms with Crippen LogP contribution in [0.3, 0.4) is 0 Å². The Bertz CT molecular complexity index is 1280. The lowest BCUT2D eigenvalue weighted by Gasteiger charge is -2.07. The van der Waals surface area contributed by atoms with Crippen LogP contribution in [-0.2, 0) is 18.3 Å². The minimum Gasteiger partial charge on any atom is -0.302 e. The molecule has 0 atom stereocenters. The zero-order valence-corrected chi connectivity index (χ0v) is 16.0. The predicted molar refractivity (Wildman–Crippen MR) is 107 cm³/mol. The molecule has 0 radical (unpaired) electrons. The minimum atomic E-state index is -0.728. The summed E-state index contributed by atoms with van der Waals surface area (Å²) in [4.78, 5) is 28.8. The Morgan fingerprint density at radius 2 is 1.79 bits per heavy atom. The quantitative estimate of drug-likeness (QED) is 0.557. The second-order valence-electron chi connectivity index (χ2n) is 6.28. The van der Waals surface area contributed by atoms with Crippen molar-refractivity contribution in [2.24, 2.45) is 7.05 Å². The summed E-state index contributed by atoms with van der Waals surface area (Å²) in [5.41, 5.74) is 0.0555. The number of thiazole rings is 1. The molecular weight excluding hydrogens is 398 g/mol. The average molecular weight is 412 g/mol. The molecule has 0 saturated carbocycles. The van der Waals surface area contributed by atoms with Gasteiger partial charge in [-0.3, -0.25) is 9.59 Å². The van der Waals surface area contributed by atoms with E-state index in [2.05, 4.69) is 15.4 Å². The molecule has 0 fully saturated rings. The molecule has 0 unspecified atom stereocenters. The third-order valence-electron chi connectivity index (χ3n) is 4.33. The molecule has 0 spiro atoms. The molecule has 4 aromatic rings. The number of aryl methyl sites for hydroxylation is 1. The fourth-order valence-electron chi connectivity index (χ4n) is 3.01. The molecule has 2 aromatic heterocycles. The third-order valence-corrected chi connectivity index (χ3v) is 5.09. The Morgan fingerprint density at radius 3 is 2.52 bits per heavy atom. The van der Waals surface area contributed by atoms with Gasteiger partial charge in [-0.1, -0.05) is 24.3 Å². The van der Waals surface area contributed by atoms with Crippen molar-refractivity contribution in [2.45, 2.75) is 6.42 Å². The molecule has 1 amide bonds. The average Bonchev–Trinajstić information content (AvgIpc) is 3.13. The molecule has 146 valence electrons. The molecule has 0 bridgehead atoms. The molecule has 0 aliphatic heterocycles. The smallest absolute Gasteiger partial charge is 0.274 e. The highest BCUT2D eigenvalue weighted by molar-refractivity contribution is 7.14. The van der Waals surface area contributed by atoms with Gasteiger partial charge in [0.1, 0.15) is 11.6 Å². The molecular formula is C20H14F2N4O2S. The highest BCUT2D eigenvalue weighted by Gasteiger charge is 2.17. The van der Waals surface area contributed by atoms with E-state index < -0.39 is 17.5 Å². The standard InChI is InChI=1S/C20H14F2N4O2S/c1-26-19(28)12-6-3-2-5-11(12)15(25-26)9-17(27)24-20-23-16(10-29-20)18-13(21)7-4-8-14(18)22/h2-8,10H,9H2,1H3,(H,23,24,27). The Kier molecular flexibility index (Phi) is 4.89. The molecule has 6 nitrogen and oxygen atoms in total. The molecule has 29 heavy (non-hydrogen) atoms. The first-order valence-corrected chi connectivity index (χ1v) is 9.46. The van der Waals surface area contributed by atoms with Gasteiger partial charge in [0.05, 0.1) is 28.8 Å². The monoisotopic (exact) mass is 412 g/mol. The number of carbonyl (C=O) groups excluding carboxylic acids is 1. The van der Waals surface area contributed by atoms with Gasteiger partial charge in [-0.15, -0.1) is 11.3 Å². The van der Waals surface area contributed by atoms with Crippen LogP contribution in [0.25, 0.3) is 22.0 Å². The van der Waals surface area contributed by atoms with Crippen molar-refractivity contribution in [3.63, 3.8) is 0 Å². The van der Waals surface area contributed by atoms with Crippen molar-refractivity contribution in [3.05, 3.63) is 75.5 Å². The van der Waals surface area contributed by atoms with Crippen molar-refractivity contribution in [3.8, 4) is 11.3 Å². The van der Waals surface area contributed by atoms with E-state index in [0.29, 0.717) is 16.5 Å². The minimum absolute atomic E-state index is 0.0857. The number of nitrogens with one attached hydrogen (secondary N) is 1. The molecule has 1 N–H and O–H groups in total. The van der Waals surface area contributed by atoms with E-state index in [4.69, 9.17) is 0 Å². The maximum Gasteiger partial charge on any atom is 0.274 e. The molecule has 4 rings (SSSR count). The lowest BCUT2D eigenvalue weighted by atomic mass is 10.1. The highest BCUT2D eigenvalue weighted by Crippen LogP contribution is 2.29. The normalized spacial score (nSPS) is 11.0. The zero-order valence-electron chi connectivity index (χ0n) is 15.1. The summed E-state index contributed by atoms with van der Waals surface area (Å²) in [7, 11) is 1.52. The summed E-state index contributed by atoms with van der Waals surface area (Å²) >= 11 is 1.06. The topological polar surface area (TPSA) is 76.9 Å². The first-order chi connectivity index (χ1) is 13.9. The number of halogens is 2. The summed E-state index contributed by atoms with van der Waals surface area (Å²) in [6.45, 7) is 0. The highest BCUT2D eigenvalue weighted by atomic mass is 32.1. The van der Waals surface area contributed by atoms with Crippen molar-refractivity contribution >= 4 is 33.1 Å². The zero-order chi connectivity index (χ0) is 20.5. The van der Waals surface area contributed by atoms with Gasteiger partial charge >= 0.3 is 0 Å². The SMILES string of the molecule is Cn1nc(CC(=O)Nc2nc(-c3c(F)cccc3F)cs2)c2ccccc2c1=O. The van der Waals surface area contributed by atoms with E-state index in [1.54, 1.807) is 24.3 Å². The maximum atomic E-state index is 13.9. The van der Waals surface area contributed by atoms with E-state index in [-0.39, 0.29) is 28.4 Å². The number of hydrogen-bond acceptors (Lipinski definition) is 5. The van der Waals surface area contributed by atoms with Crippen LogP contribution in [-0.4, -0.2) is 20.7 Å². The number of hydrogen-bond donors (Lipinski definition) is 1. The first-order valence-electron chi connectivity index (χ1n) is 8.58. The van der Waals surface area contributed by atoms with Crippen molar-refractivity contribution in [1.29, 1.82) is 0 Å². The number of nitrogens with zero attached hydrogens (tertiary/aromatic N) is 3. The molecule has 0 saturated heterocycles. The van der Waals surface area contributed by atoms with Gasteiger partial charge < -0.3 is 5.32 Å². The fourth-order valence-corrected chi connectivity index (χ4v) is 3.73. The number of benzene rings is 2. The van der Waals surface area contributed by atoms with Crippen LogP contribution in [0, 0.1) is 11.6 Å². The summed E-state index contributed by atoms with van der Waals surface area (Å²) in [6, 6.07) is 10.5. The number of anilines is 1. The molecule has 0 aliphatic rings.